The minimum absolute atomic E-state index is 0.143. The fourth-order valence-corrected chi connectivity index (χ4v) is 3.76. The van der Waals surface area contributed by atoms with Crippen LogP contribution >= 0.6 is 11.3 Å². The Bertz CT molecular complexity index is 1130. The zero-order valence-corrected chi connectivity index (χ0v) is 18.5. The lowest BCUT2D eigenvalue weighted by Gasteiger charge is -2.15. The van der Waals surface area contributed by atoms with Gasteiger partial charge in [-0.15, -0.1) is 11.3 Å². The Balaban J connectivity index is 1.31. The van der Waals surface area contributed by atoms with E-state index in [0.29, 0.717) is 24.5 Å². The van der Waals surface area contributed by atoms with Gasteiger partial charge in [-0.2, -0.15) is 0 Å². The lowest BCUT2D eigenvalue weighted by atomic mass is 10.1. The monoisotopic (exact) mass is 444 g/mol. The minimum Gasteiger partial charge on any atom is -0.489 e. The van der Waals surface area contributed by atoms with Crippen LogP contribution in [0.25, 0.3) is 0 Å². The van der Waals surface area contributed by atoms with E-state index in [1.807, 2.05) is 73.0 Å². The molecule has 32 heavy (non-hydrogen) atoms. The smallest absolute Gasteiger partial charge is 0.251 e. The zero-order chi connectivity index (χ0) is 22.2. The molecule has 0 aliphatic rings. The first kappa shape index (κ1) is 21.6. The lowest BCUT2D eigenvalue weighted by molar-refractivity contribution is 0.0939. The topological polar surface area (TPSA) is 60.5 Å². The Labute approximate surface area is 191 Å². The van der Waals surface area contributed by atoms with Crippen LogP contribution in [0.5, 0.6) is 11.5 Å². The average molecular weight is 445 g/mol. The lowest BCUT2D eigenvalue weighted by Crippen LogP contribution is -2.26. The van der Waals surface area contributed by atoms with Gasteiger partial charge in [0.15, 0.2) is 0 Å². The predicted molar refractivity (Wildman–Crippen MR) is 126 cm³/mol. The predicted octanol–water partition coefficient (Wildman–Crippen LogP) is 5.79. The van der Waals surface area contributed by atoms with Crippen molar-refractivity contribution in [3.05, 3.63) is 112 Å². The van der Waals surface area contributed by atoms with Gasteiger partial charge in [0, 0.05) is 28.4 Å². The van der Waals surface area contributed by atoms with E-state index in [0.717, 1.165) is 21.8 Å². The largest absolute Gasteiger partial charge is 0.489 e. The first-order valence-corrected chi connectivity index (χ1v) is 11.2. The number of hydrogen-bond acceptors (Lipinski definition) is 5. The first-order valence-electron chi connectivity index (χ1n) is 10.3. The summed E-state index contributed by atoms with van der Waals surface area (Å²) in [6.07, 6.45) is 3.52. The van der Waals surface area contributed by atoms with E-state index in [2.05, 4.69) is 10.3 Å². The Morgan fingerprint density at radius 1 is 0.969 bits per heavy atom. The van der Waals surface area contributed by atoms with E-state index in [4.69, 9.17) is 9.47 Å². The normalized spacial score (nSPS) is 11.5. The molecule has 0 radical (unpaired) electrons. The summed E-state index contributed by atoms with van der Waals surface area (Å²) in [5.74, 6) is 1.30. The number of aromatic nitrogens is 1. The molecule has 1 N–H and O–H groups in total. The van der Waals surface area contributed by atoms with Crippen LogP contribution in [-0.4, -0.2) is 10.9 Å². The van der Waals surface area contributed by atoms with Crippen LogP contribution in [0.4, 0.5) is 0 Å². The van der Waals surface area contributed by atoms with E-state index in [1.54, 1.807) is 35.9 Å². The molecule has 0 bridgehead atoms. The number of carbonyl (C=O) groups is 1. The number of nitrogens with one attached hydrogen (secondary N) is 1. The molecule has 0 fully saturated rings. The molecule has 4 rings (SSSR count). The summed E-state index contributed by atoms with van der Waals surface area (Å²) < 4.78 is 11.6. The van der Waals surface area contributed by atoms with Crippen LogP contribution in [0.2, 0.25) is 0 Å². The van der Waals surface area contributed by atoms with Crippen molar-refractivity contribution in [2.75, 3.05) is 0 Å². The van der Waals surface area contributed by atoms with Gasteiger partial charge in [-0.05, 0) is 60.3 Å². The number of thiophene rings is 1. The highest BCUT2D eigenvalue weighted by Crippen LogP contribution is 2.21. The van der Waals surface area contributed by atoms with E-state index < -0.39 is 0 Å². The van der Waals surface area contributed by atoms with E-state index >= 15 is 0 Å². The molecule has 0 spiro atoms. The third-order valence-corrected chi connectivity index (χ3v) is 5.76. The molecule has 1 unspecified atom stereocenters. The number of amides is 1. The van der Waals surface area contributed by atoms with E-state index in [1.165, 1.54) is 0 Å². The molecule has 0 aliphatic carbocycles. The number of rotatable bonds is 9. The molecule has 1 amide bonds. The van der Waals surface area contributed by atoms with Crippen LogP contribution in [0.3, 0.4) is 0 Å². The summed E-state index contributed by atoms with van der Waals surface area (Å²) in [5, 5.41) is 5.06. The van der Waals surface area contributed by atoms with Gasteiger partial charge in [0.25, 0.3) is 5.91 Å². The summed E-state index contributed by atoms with van der Waals surface area (Å²) in [4.78, 5) is 18.0. The fourth-order valence-electron chi connectivity index (χ4n) is 3.14. The second kappa shape index (κ2) is 10.6. The molecule has 1 atom stereocenters. The van der Waals surface area contributed by atoms with Crippen LogP contribution < -0.4 is 14.8 Å². The summed E-state index contributed by atoms with van der Waals surface area (Å²) >= 11 is 1.65. The second-order valence-corrected chi connectivity index (χ2v) is 8.34. The second-order valence-electron chi connectivity index (χ2n) is 7.31. The molecule has 0 aliphatic heterocycles. The number of benzene rings is 2. The highest BCUT2D eigenvalue weighted by molar-refractivity contribution is 7.09. The van der Waals surface area contributed by atoms with Gasteiger partial charge < -0.3 is 14.8 Å². The van der Waals surface area contributed by atoms with Crippen LogP contribution in [0.15, 0.2) is 90.6 Å². The fraction of sp³-hybridized carbons (Fsp3) is 0.154. The number of carbonyl (C=O) groups excluding carboxylic acids is 1. The highest BCUT2D eigenvalue weighted by atomic mass is 32.1. The van der Waals surface area contributed by atoms with Crippen molar-refractivity contribution in [2.24, 2.45) is 0 Å². The van der Waals surface area contributed by atoms with Gasteiger partial charge in [0.1, 0.15) is 24.7 Å². The van der Waals surface area contributed by atoms with Gasteiger partial charge in [-0.25, -0.2) is 0 Å². The number of ether oxygens (including phenoxy) is 2. The van der Waals surface area contributed by atoms with Crippen molar-refractivity contribution in [1.29, 1.82) is 0 Å². The third kappa shape index (κ3) is 5.95. The van der Waals surface area contributed by atoms with Crippen molar-refractivity contribution >= 4 is 17.2 Å². The van der Waals surface area contributed by atoms with Crippen LogP contribution in [-0.2, 0) is 13.2 Å². The molecular weight excluding hydrogens is 420 g/mol. The van der Waals surface area contributed by atoms with Gasteiger partial charge in [0.05, 0.1) is 6.04 Å². The average Bonchev–Trinajstić information content (AvgIpc) is 3.36. The molecule has 0 saturated heterocycles. The highest BCUT2D eigenvalue weighted by Gasteiger charge is 2.12. The molecule has 2 heterocycles. The number of pyridine rings is 1. The first-order chi connectivity index (χ1) is 15.7. The molecule has 162 valence electrons. The van der Waals surface area contributed by atoms with Crippen molar-refractivity contribution < 1.29 is 14.3 Å². The Kier molecular flexibility index (Phi) is 7.15. The molecular formula is C26H24N2O3S. The standard InChI is InChI=1S/C26H24N2O3S/c1-19(21-9-11-23(12-10-21)30-17-20-5-3-13-27-16-20)28-26(29)22-6-2-7-24(15-22)31-18-25-8-4-14-32-25/h2-16,19H,17-18H2,1H3,(H,28,29). The molecule has 2 aromatic carbocycles. The summed E-state index contributed by atoms with van der Waals surface area (Å²) in [7, 11) is 0. The Morgan fingerprint density at radius 3 is 2.56 bits per heavy atom. The molecule has 4 aromatic rings. The molecule has 0 saturated carbocycles. The van der Waals surface area contributed by atoms with Crippen molar-refractivity contribution in [3.63, 3.8) is 0 Å². The minimum atomic E-state index is -0.148. The van der Waals surface area contributed by atoms with Crippen molar-refractivity contribution in [2.45, 2.75) is 26.2 Å². The molecule has 6 heteroatoms. The number of hydrogen-bond donors (Lipinski definition) is 1. The maximum atomic E-state index is 12.7. The maximum absolute atomic E-state index is 12.7. The summed E-state index contributed by atoms with van der Waals surface area (Å²) in [6, 6.07) is 22.7. The van der Waals surface area contributed by atoms with Gasteiger partial charge >= 0.3 is 0 Å². The van der Waals surface area contributed by atoms with E-state index in [-0.39, 0.29) is 11.9 Å². The quantitative estimate of drug-likeness (QED) is 0.355. The van der Waals surface area contributed by atoms with Gasteiger partial charge in [-0.3, -0.25) is 9.78 Å². The van der Waals surface area contributed by atoms with Crippen molar-refractivity contribution in [3.8, 4) is 11.5 Å². The SMILES string of the molecule is CC(NC(=O)c1cccc(OCc2cccs2)c1)c1ccc(OCc2cccnc2)cc1. The van der Waals surface area contributed by atoms with Gasteiger partial charge in [-0.1, -0.05) is 30.3 Å². The van der Waals surface area contributed by atoms with Crippen LogP contribution in [0, 0.1) is 0 Å². The summed E-state index contributed by atoms with van der Waals surface area (Å²) in [6.45, 7) is 2.92. The van der Waals surface area contributed by atoms with Gasteiger partial charge in [0.2, 0.25) is 0 Å². The zero-order valence-electron chi connectivity index (χ0n) is 17.7. The Hall–Kier alpha value is -3.64. The van der Waals surface area contributed by atoms with E-state index in [9.17, 15) is 4.79 Å². The maximum Gasteiger partial charge on any atom is 0.251 e. The van der Waals surface area contributed by atoms with Crippen molar-refractivity contribution in [1.82, 2.24) is 10.3 Å². The molecule has 2 aromatic heterocycles. The summed E-state index contributed by atoms with van der Waals surface area (Å²) in [5.41, 5.74) is 2.58. The third-order valence-electron chi connectivity index (χ3n) is 4.91. The molecule has 5 nitrogen and oxygen atoms in total. The van der Waals surface area contributed by atoms with Crippen LogP contribution in [0.1, 0.15) is 39.3 Å². The Morgan fingerprint density at radius 2 is 1.81 bits per heavy atom. The number of nitrogens with zero attached hydrogens (tertiary/aromatic N) is 1.